The van der Waals surface area contributed by atoms with Crippen molar-refractivity contribution in [2.75, 3.05) is 20.8 Å². The van der Waals surface area contributed by atoms with Crippen LogP contribution in [0.25, 0.3) is 0 Å². The number of benzene rings is 2. The first-order valence-electron chi connectivity index (χ1n) is 13.0. The maximum absolute atomic E-state index is 13.7. The molecule has 0 aromatic heterocycles. The van der Waals surface area contributed by atoms with Crippen molar-refractivity contribution < 1.29 is 23.9 Å². The third kappa shape index (κ3) is 5.48. The Morgan fingerprint density at radius 1 is 1.08 bits per heavy atom. The number of hydrogen-bond acceptors (Lipinski definition) is 6. The molecular formula is C29H37N3O5S. The summed E-state index contributed by atoms with van der Waals surface area (Å²) < 4.78 is 10.1. The van der Waals surface area contributed by atoms with E-state index in [1.807, 2.05) is 70.2 Å². The second-order valence-corrected chi connectivity index (χ2v) is 12.4. The summed E-state index contributed by atoms with van der Waals surface area (Å²) in [5.41, 5.74) is 2.58. The standard InChI is InChI=1S/C29H37N3O5S/c1-17(2)15-21(25(33)30-14-13-18-11-12-22(36-5)23(16-18)37-6)31-26(34)24-29(3,4)38-28-20-10-8-7-9-19(20)27(35)32(24)28/h7-12,16-17,21,24,28H,13-15H2,1-6H3,(H,30,33)(H,31,34)/t21-,24+,28-/m0/s1. The van der Waals surface area contributed by atoms with E-state index < -0.39 is 16.8 Å². The summed E-state index contributed by atoms with van der Waals surface area (Å²) in [7, 11) is 3.17. The number of thioether (sulfide) groups is 1. The molecule has 2 N–H and O–H groups in total. The first kappa shape index (κ1) is 27.8. The Balaban J connectivity index is 1.44. The van der Waals surface area contributed by atoms with E-state index in [2.05, 4.69) is 10.6 Å². The van der Waals surface area contributed by atoms with Crippen LogP contribution < -0.4 is 20.1 Å². The smallest absolute Gasteiger partial charge is 0.256 e. The van der Waals surface area contributed by atoms with Crippen molar-refractivity contribution >= 4 is 29.5 Å². The Labute approximate surface area is 228 Å². The van der Waals surface area contributed by atoms with Gasteiger partial charge in [0.1, 0.15) is 17.5 Å². The van der Waals surface area contributed by atoms with Gasteiger partial charge in [0.2, 0.25) is 11.8 Å². The molecule has 1 saturated heterocycles. The van der Waals surface area contributed by atoms with Gasteiger partial charge in [0.25, 0.3) is 5.91 Å². The Kier molecular flexibility index (Phi) is 8.25. The fourth-order valence-corrected chi connectivity index (χ4v) is 6.84. The van der Waals surface area contributed by atoms with Crippen molar-refractivity contribution in [2.24, 2.45) is 5.92 Å². The van der Waals surface area contributed by atoms with Crippen molar-refractivity contribution in [3.63, 3.8) is 0 Å². The fourth-order valence-electron chi connectivity index (χ4n) is 5.25. The molecule has 3 amide bonds. The highest BCUT2D eigenvalue weighted by Crippen LogP contribution is 2.56. The first-order chi connectivity index (χ1) is 18.1. The lowest BCUT2D eigenvalue weighted by Crippen LogP contribution is -2.57. The Morgan fingerprint density at radius 3 is 2.47 bits per heavy atom. The third-order valence-electron chi connectivity index (χ3n) is 7.05. The topological polar surface area (TPSA) is 97.0 Å². The van der Waals surface area contributed by atoms with Gasteiger partial charge in [-0.2, -0.15) is 0 Å². The molecule has 2 aromatic carbocycles. The minimum Gasteiger partial charge on any atom is -0.493 e. The number of fused-ring (bicyclic) bond motifs is 3. The first-order valence-corrected chi connectivity index (χ1v) is 13.8. The monoisotopic (exact) mass is 539 g/mol. The summed E-state index contributed by atoms with van der Waals surface area (Å²) in [6, 6.07) is 11.8. The van der Waals surface area contributed by atoms with Gasteiger partial charge < -0.3 is 25.0 Å². The molecule has 9 heteroatoms. The molecule has 38 heavy (non-hydrogen) atoms. The van der Waals surface area contributed by atoms with Gasteiger partial charge in [-0.25, -0.2) is 0 Å². The highest BCUT2D eigenvalue weighted by Gasteiger charge is 2.57. The number of rotatable bonds is 10. The number of nitrogens with zero attached hydrogens (tertiary/aromatic N) is 1. The van der Waals surface area contributed by atoms with E-state index in [-0.39, 0.29) is 29.0 Å². The minimum absolute atomic E-state index is 0.136. The van der Waals surface area contributed by atoms with Crippen molar-refractivity contribution in [1.82, 2.24) is 15.5 Å². The molecule has 0 unspecified atom stereocenters. The molecule has 2 aromatic rings. The summed E-state index contributed by atoms with van der Waals surface area (Å²) in [6.45, 7) is 8.41. The third-order valence-corrected chi connectivity index (χ3v) is 8.58. The quantitative estimate of drug-likeness (QED) is 0.475. The second kappa shape index (κ2) is 11.3. The van der Waals surface area contributed by atoms with Crippen molar-refractivity contribution in [2.45, 2.75) is 62.7 Å². The van der Waals surface area contributed by atoms with Crippen molar-refractivity contribution in [3.8, 4) is 11.5 Å². The largest absolute Gasteiger partial charge is 0.493 e. The summed E-state index contributed by atoms with van der Waals surface area (Å²) in [5, 5.41) is 5.76. The zero-order chi connectivity index (χ0) is 27.6. The molecule has 2 aliphatic heterocycles. The van der Waals surface area contributed by atoms with Crippen LogP contribution in [0, 0.1) is 5.92 Å². The number of carbonyl (C=O) groups excluding carboxylic acids is 3. The normalized spacial score (nSPS) is 20.1. The average molecular weight is 540 g/mol. The van der Waals surface area contributed by atoms with Gasteiger partial charge in [0, 0.05) is 16.9 Å². The van der Waals surface area contributed by atoms with Gasteiger partial charge >= 0.3 is 0 Å². The van der Waals surface area contributed by atoms with Crippen LogP contribution in [0.2, 0.25) is 0 Å². The van der Waals surface area contributed by atoms with Crippen LogP contribution in [0.4, 0.5) is 0 Å². The average Bonchev–Trinajstić information content (AvgIpc) is 3.31. The highest BCUT2D eigenvalue weighted by atomic mass is 32.2. The summed E-state index contributed by atoms with van der Waals surface area (Å²) >= 11 is 1.61. The van der Waals surface area contributed by atoms with Crippen LogP contribution in [-0.2, 0) is 16.0 Å². The van der Waals surface area contributed by atoms with Crippen molar-refractivity contribution in [1.29, 1.82) is 0 Å². The van der Waals surface area contributed by atoms with E-state index in [9.17, 15) is 14.4 Å². The number of carbonyl (C=O) groups is 3. The van der Waals surface area contributed by atoms with E-state index >= 15 is 0 Å². The van der Waals surface area contributed by atoms with E-state index in [1.54, 1.807) is 30.9 Å². The van der Waals surface area contributed by atoms with E-state index in [0.717, 1.165) is 11.1 Å². The van der Waals surface area contributed by atoms with Gasteiger partial charge in [-0.15, -0.1) is 11.8 Å². The minimum atomic E-state index is -0.701. The Hall–Kier alpha value is -3.20. The van der Waals surface area contributed by atoms with Crippen LogP contribution in [0.1, 0.15) is 61.0 Å². The number of amides is 3. The summed E-state index contributed by atoms with van der Waals surface area (Å²) in [4.78, 5) is 41.9. The van der Waals surface area contributed by atoms with E-state index in [0.29, 0.717) is 36.4 Å². The predicted molar refractivity (Wildman–Crippen MR) is 148 cm³/mol. The zero-order valence-corrected chi connectivity index (χ0v) is 23.7. The number of methoxy groups -OCH3 is 2. The lowest BCUT2D eigenvalue weighted by atomic mass is 9.98. The van der Waals surface area contributed by atoms with E-state index in [1.165, 1.54) is 0 Å². The van der Waals surface area contributed by atoms with Crippen LogP contribution in [0.5, 0.6) is 11.5 Å². The molecule has 4 rings (SSSR count). The van der Waals surface area contributed by atoms with Gasteiger partial charge in [0.05, 0.1) is 14.2 Å². The van der Waals surface area contributed by atoms with Gasteiger partial charge in [-0.05, 0) is 61.9 Å². The maximum Gasteiger partial charge on any atom is 0.256 e. The lowest BCUT2D eigenvalue weighted by Gasteiger charge is -2.31. The van der Waals surface area contributed by atoms with Crippen LogP contribution >= 0.6 is 11.8 Å². The molecule has 8 nitrogen and oxygen atoms in total. The van der Waals surface area contributed by atoms with Crippen molar-refractivity contribution in [3.05, 3.63) is 59.2 Å². The molecule has 0 spiro atoms. The van der Waals surface area contributed by atoms with Gasteiger partial charge in [-0.3, -0.25) is 14.4 Å². The SMILES string of the molecule is COc1ccc(CCNC(=O)[C@H](CC(C)C)NC(=O)[C@H]2N3C(=O)c4ccccc4[C@@H]3SC2(C)C)cc1OC. The van der Waals surface area contributed by atoms with Crippen LogP contribution in [-0.4, -0.2) is 60.2 Å². The molecule has 2 aliphatic rings. The fraction of sp³-hybridized carbons (Fsp3) is 0.483. The number of hydrogen-bond donors (Lipinski definition) is 2. The van der Waals surface area contributed by atoms with E-state index in [4.69, 9.17) is 9.47 Å². The molecule has 204 valence electrons. The highest BCUT2D eigenvalue weighted by molar-refractivity contribution is 8.01. The molecule has 0 aliphatic carbocycles. The molecule has 0 radical (unpaired) electrons. The predicted octanol–water partition coefficient (Wildman–Crippen LogP) is 3.94. The number of ether oxygens (including phenoxy) is 2. The molecule has 2 heterocycles. The molecule has 1 fully saturated rings. The molecular weight excluding hydrogens is 502 g/mol. The maximum atomic E-state index is 13.7. The molecule has 0 saturated carbocycles. The summed E-state index contributed by atoms with van der Waals surface area (Å²) in [6.07, 6.45) is 1.09. The van der Waals surface area contributed by atoms with Gasteiger partial charge in [-0.1, -0.05) is 38.1 Å². The Morgan fingerprint density at radius 2 is 1.79 bits per heavy atom. The summed E-state index contributed by atoms with van der Waals surface area (Å²) in [5.74, 6) is 0.803. The van der Waals surface area contributed by atoms with Gasteiger partial charge in [0.15, 0.2) is 11.5 Å². The Bertz CT molecular complexity index is 1210. The lowest BCUT2D eigenvalue weighted by molar-refractivity contribution is -0.132. The molecule has 0 bridgehead atoms. The van der Waals surface area contributed by atoms with Crippen LogP contribution in [0.15, 0.2) is 42.5 Å². The van der Waals surface area contributed by atoms with Crippen LogP contribution in [0.3, 0.4) is 0 Å². The second-order valence-electron chi connectivity index (χ2n) is 10.7. The molecule has 3 atom stereocenters. The zero-order valence-electron chi connectivity index (χ0n) is 22.9. The number of nitrogens with one attached hydrogen (secondary N) is 2.